The largest absolute Gasteiger partial charge is 0.314 e. The smallest absolute Gasteiger partial charge is 0.0766 e. The number of thioether (sulfide) groups is 1. The van der Waals surface area contributed by atoms with Crippen molar-refractivity contribution < 1.29 is 4.18 Å². The van der Waals surface area contributed by atoms with Crippen LogP contribution in [0.1, 0.15) is 25.7 Å². The van der Waals surface area contributed by atoms with Crippen molar-refractivity contribution >= 4 is 23.8 Å². The summed E-state index contributed by atoms with van der Waals surface area (Å²) in [6, 6.07) is 0. The van der Waals surface area contributed by atoms with Crippen molar-refractivity contribution in [2.45, 2.75) is 36.2 Å². The molecule has 2 aliphatic heterocycles. The van der Waals surface area contributed by atoms with Gasteiger partial charge in [-0.05, 0) is 30.6 Å². The minimum Gasteiger partial charge on any atom is -0.314 e. The van der Waals surface area contributed by atoms with Crippen molar-refractivity contribution in [2.24, 2.45) is 0 Å². The van der Waals surface area contributed by atoms with E-state index in [-0.39, 0.29) is 0 Å². The fourth-order valence-electron chi connectivity index (χ4n) is 1.55. The molecule has 0 bridgehead atoms. The molecule has 0 saturated carbocycles. The first-order chi connectivity index (χ1) is 5.47. The lowest BCUT2D eigenvalue weighted by atomic mass is 10.1. The van der Waals surface area contributed by atoms with Gasteiger partial charge in [0.1, 0.15) is 0 Å². The quantitative estimate of drug-likeness (QED) is 0.588. The summed E-state index contributed by atoms with van der Waals surface area (Å²) < 4.78 is 5.13. The molecule has 0 aliphatic carbocycles. The van der Waals surface area contributed by atoms with Crippen LogP contribution >= 0.6 is 23.8 Å². The lowest BCUT2D eigenvalue weighted by molar-refractivity contribution is 0.306. The van der Waals surface area contributed by atoms with Crippen molar-refractivity contribution in [3.8, 4) is 0 Å². The molecule has 2 saturated heterocycles. The van der Waals surface area contributed by atoms with Crippen LogP contribution in [0.3, 0.4) is 0 Å². The third-order valence-corrected chi connectivity index (χ3v) is 4.98. The van der Waals surface area contributed by atoms with Crippen LogP contribution in [0.15, 0.2) is 0 Å². The Kier molecular flexibility index (Phi) is 3.05. The number of hydrogen-bond donors (Lipinski definition) is 0. The van der Waals surface area contributed by atoms with Crippen LogP contribution in [-0.2, 0) is 4.18 Å². The normalized spacial score (nSPS) is 39.3. The molecule has 11 heavy (non-hydrogen) atoms. The molecule has 2 unspecified atom stereocenters. The first-order valence-corrected chi connectivity index (χ1v) is 6.22. The highest BCUT2D eigenvalue weighted by Gasteiger charge is 2.30. The van der Waals surface area contributed by atoms with Crippen molar-refractivity contribution in [2.75, 3.05) is 12.4 Å². The molecule has 3 heteroatoms. The third kappa shape index (κ3) is 2.07. The lowest BCUT2D eigenvalue weighted by Gasteiger charge is -2.30. The molecular formula is C8H14OS2. The van der Waals surface area contributed by atoms with Crippen LogP contribution in [0.25, 0.3) is 0 Å². The Morgan fingerprint density at radius 3 is 2.73 bits per heavy atom. The Balaban J connectivity index is 1.80. The second-order valence-electron chi connectivity index (χ2n) is 3.18. The van der Waals surface area contributed by atoms with Crippen molar-refractivity contribution in [3.63, 3.8) is 0 Å². The van der Waals surface area contributed by atoms with Crippen LogP contribution in [-0.4, -0.2) is 22.9 Å². The Bertz CT molecular complexity index is 117. The van der Waals surface area contributed by atoms with Gasteiger partial charge in [-0.25, -0.2) is 0 Å². The molecular weight excluding hydrogens is 176 g/mol. The van der Waals surface area contributed by atoms with E-state index in [1.807, 2.05) is 0 Å². The Hall–Kier alpha value is 0.660. The Morgan fingerprint density at radius 2 is 2.00 bits per heavy atom. The van der Waals surface area contributed by atoms with E-state index in [4.69, 9.17) is 4.18 Å². The average molecular weight is 190 g/mol. The van der Waals surface area contributed by atoms with Crippen molar-refractivity contribution in [3.05, 3.63) is 0 Å². The SMILES string of the molecule is C1CCSC(C2COS2)CC1. The van der Waals surface area contributed by atoms with Gasteiger partial charge in [-0.1, -0.05) is 12.8 Å². The van der Waals surface area contributed by atoms with E-state index < -0.39 is 0 Å². The molecule has 2 aliphatic rings. The monoisotopic (exact) mass is 190 g/mol. The summed E-state index contributed by atoms with van der Waals surface area (Å²) in [5.74, 6) is 1.38. The topological polar surface area (TPSA) is 9.23 Å². The molecule has 2 fully saturated rings. The van der Waals surface area contributed by atoms with Crippen LogP contribution in [0.2, 0.25) is 0 Å². The van der Waals surface area contributed by atoms with Gasteiger partial charge in [0.15, 0.2) is 0 Å². The summed E-state index contributed by atoms with van der Waals surface area (Å²) in [6.45, 7) is 1.00. The molecule has 0 aromatic heterocycles. The van der Waals surface area contributed by atoms with Gasteiger partial charge < -0.3 is 4.18 Å². The van der Waals surface area contributed by atoms with Gasteiger partial charge in [0.25, 0.3) is 0 Å². The van der Waals surface area contributed by atoms with Gasteiger partial charge in [0, 0.05) is 5.25 Å². The maximum Gasteiger partial charge on any atom is 0.0766 e. The van der Waals surface area contributed by atoms with Crippen LogP contribution < -0.4 is 0 Å². The van der Waals surface area contributed by atoms with Crippen LogP contribution in [0, 0.1) is 0 Å². The third-order valence-electron chi connectivity index (χ3n) is 2.30. The van der Waals surface area contributed by atoms with Crippen molar-refractivity contribution in [1.29, 1.82) is 0 Å². The zero-order valence-corrected chi connectivity index (χ0v) is 8.26. The molecule has 2 atom stereocenters. The van der Waals surface area contributed by atoms with E-state index in [0.29, 0.717) is 0 Å². The first-order valence-electron chi connectivity index (χ1n) is 4.37. The maximum absolute atomic E-state index is 5.13. The van der Waals surface area contributed by atoms with E-state index >= 15 is 0 Å². The molecule has 0 N–H and O–H groups in total. The molecule has 0 radical (unpaired) electrons. The van der Waals surface area contributed by atoms with Gasteiger partial charge in [0.2, 0.25) is 0 Å². The fraction of sp³-hybridized carbons (Fsp3) is 1.00. The average Bonchev–Trinajstić information content (AvgIpc) is 2.12. The van der Waals surface area contributed by atoms with Crippen LogP contribution in [0.4, 0.5) is 0 Å². The highest BCUT2D eigenvalue weighted by atomic mass is 32.2. The molecule has 2 heterocycles. The second-order valence-corrected chi connectivity index (χ2v) is 5.56. The molecule has 0 spiro atoms. The summed E-state index contributed by atoms with van der Waals surface area (Å²) in [6.07, 6.45) is 5.74. The van der Waals surface area contributed by atoms with E-state index in [2.05, 4.69) is 11.8 Å². The minimum atomic E-state index is 0.818. The number of hydrogen-bond acceptors (Lipinski definition) is 3. The van der Waals surface area contributed by atoms with Gasteiger partial charge in [-0.2, -0.15) is 11.8 Å². The lowest BCUT2D eigenvalue weighted by Crippen LogP contribution is -2.31. The van der Waals surface area contributed by atoms with Gasteiger partial charge in [0.05, 0.1) is 11.9 Å². The molecule has 64 valence electrons. The molecule has 0 amide bonds. The fourth-order valence-corrected chi connectivity index (χ4v) is 3.78. The van der Waals surface area contributed by atoms with E-state index in [1.54, 1.807) is 12.0 Å². The van der Waals surface area contributed by atoms with Gasteiger partial charge >= 0.3 is 0 Å². The second kappa shape index (κ2) is 4.06. The summed E-state index contributed by atoms with van der Waals surface area (Å²) >= 11 is 3.87. The van der Waals surface area contributed by atoms with E-state index in [1.165, 1.54) is 31.4 Å². The minimum absolute atomic E-state index is 0.818. The molecule has 1 nitrogen and oxygen atoms in total. The highest BCUT2D eigenvalue weighted by Crippen LogP contribution is 2.37. The summed E-state index contributed by atoms with van der Waals surface area (Å²) in [5.41, 5.74) is 0. The maximum atomic E-state index is 5.13. The predicted molar refractivity (Wildman–Crippen MR) is 52.0 cm³/mol. The van der Waals surface area contributed by atoms with E-state index in [9.17, 15) is 0 Å². The number of rotatable bonds is 1. The van der Waals surface area contributed by atoms with Crippen LogP contribution in [0.5, 0.6) is 0 Å². The molecule has 0 aromatic rings. The zero-order chi connectivity index (χ0) is 7.52. The molecule has 2 rings (SSSR count). The standard InChI is InChI=1S/C8H14OS2/c1-2-4-7(10-5-3-1)8-6-9-11-8/h7-8H,1-6H2. The van der Waals surface area contributed by atoms with Gasteiger partial charge in [-0.15, -0.1) is 0 Å². The Labute approximate surface area is 76.9 Å². The summed E-state index contributed by atoms with van der Waals surface area (Å²) in [7, 11) is 0. The summed E-state index contributed by atoms with van der Waals surface area (Å²) in [4.78, 5) is 0. The highest BCUT2D eigenvalue weighted by molar-refractivity contribution is 8.02. The first kappa shape index (κ1) is 8.27. The predicted octanol–water partition coefficient (Wildman–Crippen LogP) is 2.71. The van der Waals surface area contributed by atoms with E-state index in [0.717, 1.165) is 17.1 Å². The van der Waals surface area contributed by atoms with Crippen molar-refractivity contribution in [1.82, 2.24) is 0 Å². The molecule has 0 aromatic carbocycles. The van der Waals surface area contributed by atoms with Gasteiger partial charge in [-0.3, -0.25) is 0 Å². The Morgan fingerprint density at radius 1 is 1.09 bits per heavy atom. The zero-order valence-electron chi connectivity index (χ0n) is 6.62. The summed E-state index contributed by atoms with van der Waals surface area (Å²) in [5, 5.41) is 1.72.